The van der Waals surface area contributed by atoms with E-state index in [0.29, 0.717) is 11.6 Å². The number of rotatable bonds is 2. The molecule has 0 atom stereocenters. The van der Waals surface area contributed by atoms with Crippen LogP contribution in [-0.2, 0) is 0 Å². The first-order chi connectivity index (χ1) is 10.4. The van der Waals surface area contributed by atoms with Crippen molar-refractivity contribution in [1.82, 2.24) is 19.9 Å². The predicted octanol–water partition coefficient (Wildman–Crippen LogP) is 3.37. The van der Waals surface area contributed by atoms with Gasteiger partial charge >= 0.3 is 0 Å². The van der Waals surface area contributed by atoms with Gasteiger partial charge in [0.15, 0.2) is 0 Å². The van der Waals surface area contributed by atoms with Crippen LogP contribution in [0.15, 0.2) is 61.2 Å². The summed E-state index contributed by atoms with van der Waals surface area (Å²) < 4.78 is 5.88. The summed E-state index contributed by atoms with van der Waals surface area (Å²) in [4.78, 5) is 16.9. The molecule has 0 radical (unpaired) electrons. The van der Waals surface area contributed by atoms with Crippen molar-refractivity contribution in [3.8, 4) is 11.6 Å². The Morgan fingerprint density at radius 3 is 2.52 bits per heavy atom. The number of ether oxygens (including phenoxy) is 1. The van der Waals surface area contributed by atoms with Crippen LogP contribution < -0.4 is 4.74 Å². The Morgan fingerprint density at radius 2 is 1.57 bits per heavy atom. The number of nitrogens with zero attached hydrogens (tertiary/aromatic N) is 4. The maximum absolute atomic E-state index is 5.88. The first-order valence-corrected chi connectivity index (χ1v) is 6.48. The Morgan fingerprint density at radius 1 is 0.714 bits per heavy atom. The van der Waals surface area contributed by atoms with E-state index in [-0.39, 0.29) is 0 Å². The van der Waals surface area contributed by atoms with Crippen molar-refractivity contribution in [3.05, 3.63) is 61.2 Å². The van der Waals surface area contributed by atoms with Crippen LogP contribution in [0.4, 0.5) is 0 Å². The molecule has 5 nitrogen and oxygen atoms in total. The third kappa shape index (κ3) is 2.14. The predicted molar refractivity (Wildman–Crippen MR) is 79.2 cm³/mol. The molecule has 0 aliphatic rings. The number of fused-ring (bicyclic) bond motifs is 2. The molecule has 0 amide bonds. The molecule has 4 rings (SSSR count). The van der Waals surface area contributed by atoms with Crippen molar-refractivity contribution in [3.63, 3.8) is 0 Å². The number of hydrogen-bond donors (Lipinski definition) is 0. The van der Waals surface area contributed by atoms with E-state index in [1.165, 1.54) is 6.33 Å². The summed E-state index contributed by atoms with van der Waals surface area (Å²) in [6.07, 6.45) is 4.82. The average molecular weight is 274 g/mol. The fourth-order valence-corrected chi connectivity index (χ4v) is 2.18. The van der Waals surface area contributed by atoms with Gasteiger partial charge in [-0.1, -0.05) is 12.1 Å². The molecule has 21 heavy (non-hydrogen) atoms. The molecule has 2 aromatic carbocycles. The zero-order chi connectivity index (χ0) is 14.1. The van der Waals surface area contributed by atoms with E-state index in [1.807, 2.05) is 42.5 Å². The molecule has 4 aromatic rings. The minimum Gasteiger partial charge on any atom is -0.438 e. The zero-order valence-electron chi connectivity index (χ0n) is 11.0. The molecule has 100 valence electrons. The number of aromatic nitrogens is 4. The maximum Gasteiger partial charge on any atom is 0.230 e. The van der Waals surface area contributed by atoms with Crippen molar-refractivity contribution in [1.29, 1.82) is 0 Å². The molecule has 2 heterocycles. The standard InChI is InChI=1S/C16H10N4O/c1-2-4-13-12(3-1)16(20-10-19-13)21-11-5-6-14-15(9-11)18-8-7-17-14/h1-10H. The van der Waals surface area contributed by atoms with E-state index in [0.717, 1.165) is 21.9 Å². The second-order valence-corrected chi connectivity index (χ2v) is 4.50. The molecule has 2 aromatic heterocycles. The van der Waals surface area contributed by atoms with Gasteiger partial charge in [0.25, 0.3) is 0 Å². The number of hydrogen-bond acceptors (Lipinski definition) is 5. The molecule has 0 unspecified atom stereocenters. The quantitative estimate of drug-likeness (QED) is 0.561. The van der Waals surface area contributed by atoms with Gasteiger partial charge in [0.05, 0.1) is 21.9 Å². The van der Waals surface area contributed by atoms with E-state index >= 15 is 0 Å². The third-order valence-corrected chi connectivity index (χ3v) is 3.16. The largest absolute Gasteiger partial charge is 0.438 e. The topological polar surface area (TPSA) is 60.8 Å². The molecule has 0 spiro atoms. The summed E-state index contributed by atoms with van der Waals surface area (Å²) >= 11 is 0. The average Bonchev–Trinajstić information content (AvgIpc) is 2.55. The summed E-state index contributed by atoms with van der Waals surface area (Å²) in [6, 6.07) is 13.3. The van der Waals surface area contributed by atoms with E-state index in [1.54, 1.807) is 12.4 Å². The minimum absolute atomic E-state index is 0.531. The van der Waals surface area contributed by atoms with Crippen LogP contribution in [0.3, 0.4) is 0 Å². The first-order valence-electron chi connectivity index (χ1n) is 6.48. The van der Waals surface area contributed by atoms with Crippen LogP contribution in [0.5, 0.6) is 11.6 Å². The Hall–Kier alpha value is -3.08. The van der Waals surface area contributed by atoms with Crippen molar-refractivity contribution < 1.29 is 4.74 Å². The highest BCUT2D eigenvalue weighted by atomic mass is 16.5. The molecule has 0 saturated heterocycles. The lowest BCUT2D eigenvalue weighted by Crippen LogP contribution is -1.92. The zero-order valence-corrected chi connectivity index (χ0v) is 11.0. The van der Waals surface area contributed by atoms with Gasteiger partial charge in [-0.2, -0.15) is 0 Å². The smallest absolute Gasteiger partial charge is 0.230 e. The Kier molecular flexibility index (Phi) is 2.67. The van der Waals surface area contributed by atoms with Crippen LogP contribution >= 0.6 is 0 Å². The normalized spacial score (nSPS) is 10.9. The highest BCUT2D eigenvalue weighted by Crippen LogP contribution is 2.27. The lowest BCUT2D eigenvalue weighted by molar-refractivity contribution is 0.469. The molecule has 0 fully saturated rings. The summed E-state index contributed by atoms with van der Waals surface area (Å²) in [5, 5.41) is 0.874. The number of para-hydroxylation sites is 1. The SMILES string of the molecule is c1ccc2c(Oc3ccc4nccnc4c3)ncnc2c1. The Balaban J connectivity index is 1.79. The van der Waals surface area contributed by atoms with Crippen LogP contribution in [-0.4, -0.2) is 19.9 Å². The fourth-order valence-electron chi connectivity index (χ4n) is 2.18. The van der Waals surface area contributed by atoms with Crippen LogP contribution in [0.1, 0.15) is 0 Å². The Labute approximate surface area is 120 Å². The third-order valence-electron chi connectivity index (χ3n) is 3.16. The van der Waals surface area contributed by atoms with Crippen molar-refractivity contribution >= 4 is 21.9 Å². The van der Waals surface area contributed by atoms with E-state index < -0.39 is 0 Å². The van der Waals surface area contributed by atoms with Gasteiger partial charge < -0.3 is 4.74 Å². The van der Waals surface area contributed by atoms with E-state index in [2.05, 4.69) is 19.9 Å². The molecule has 0 N–H and O–H groups in total. The van der Waals surface area contributed by atoms with Gasteiger partial charge in [0.1, 0.15) is 12.1 Å². The van der Waals surface area contributed by atoms with Gasteiger partial charge in [-0.25, -0.2) is 9.97 Å². The second kappa shape index (κ2) is 4.79. The lowest BCUT2D eigenvalue weighted by atomic mass is 10.2. The van der Waals surface area contributed by atoms with Crippen LogP contribution in [0, 0.1) is 0 Å². The van der Waals surface area contributed by atoms with Crippen LogP contribution in [0.25, 0.3) is 21.9 Å². The first kappa shape index (κ1) is 11.7. The van der Waals surface area contributed by atoms with Gasteiger partial charge in [-0.15, -0.1) is 0 Å². The highest BCUT2D eigenvalue weighted by molar-refractivity contribution is 5.83. The summed E-state index contributed by atoms with van der Waals surface area (Å²) in [7, 11) is 0. The molecule has 5 heteroatoms. The number of benzene rings is 2. The molecule has 0 saturated carbocycles. The Bertz CT molecular complexity index is 934. The molecule has 0 aliphatic heterocycles. The summed E-state index contributed by atoms with van der Waals surface area (Å²) in [5.41, 5.74) is 2.47. The second-order valence-electron chi connectivity index (χ2n) is 4.50. The van der Waals surface area contributed by atoms with Crippen molar-refractivity contribution in [2.75, 3.05) is 0 Å². The van der Waals surface area contributed by atoms with E-state index in [4.69, 9.17) is 4.74 Å². The fraction of sp³-hybridized carbons (Fsp3) is 0. The molecule has 0 bridgehead atoms. The summed E-state index contributed by atoms with van der Waals surface area (Å²) in [6.45, 7) is 0. The van der Waals surface area contributed by atoms with Crippen molar-refractivity contribution in [2.24, 2.45) is 0 Å². The molecular weight excluding hydrogens is 264 g/mol. The minimum atomic E-state index is 0.531. The van der Waals surface area contributed by atoms with Crippen LogP contribution in [0.2, 0.25) is 0 Å². The van der Waals surface area contributed by atoms with E-state index in [9.17, 15) is 0 Å². The maximum atomic E-state index is 5.88. The van der Waals surface area contributed by atoms with Gasteiger partial charge in [0.2, 0.25) is 5.88 Å². The monoisotopic (exact) mass is 274 g/mol. The molecule has 0 aliphatic carbocycles. The van der Waals surface area contributed by atoms with Gasteiger partial charge in [-0.05, 0) is 24.3 Å². The highest BCUT2D eigenvalue weighted by Gasteiger charge is 2.06. The lowest BCUT2D eigenvalue weighted by Gasteiger charge is -2.07. The molecular formula is C16H10N4O. The summed E-state index contributed by atoms with van der Waals surface area (Å²) in [5.74, 6) is 1.20. The van der Waals surface area contributed by atoms with Gasteiger partial charge in [0, 0.05) is 18.5 Å². The van der Waals surface area contributed by atoms with Gasteiger partial charge in [-0.3, -0.25) is 9.97 Å². The van der Waals surface area contributed by atoms with Crippen molar-refractivity contribution in [2.45, 2.75) is 0 Å².